The standard InChI is InChI=1S/C15H29NO3/c1-12(2,3)19-11(17)15(10-13(4,5)18)8-9-16-14(15,6)7/h16,18H,8-10H2,1-7H3/t15-/m1/s1. The highest BCUT2D eigenvalue weighted by Crippen LogP contribution is 2.47. The molecule has 0 aliphatic carbocycles. The molecule has 2 N–H and O–H groups in total. The minimum atomic E-state index is -0.903. The molecule has 4 heteroatoms. The number of rotatable bonds is 3. The van der Waals surface area contributed by atoms with Gasteiger partial charge >= 0.3 is 5.97 Å². The molecule has 112 valence electrons. The molecular weight excluding hydrogens is 242 g/mol. The van der Waals surface area contributed by atoms with Gasteiger partial charge in [-0.25, -0.2) is 0 Å². The van der Waals surface area contributed by atoms with Gasteiger partial charge in [-0.2, -0.15) is 0 Å². The fourth-order valence-corrected chi connectivity index (χ4v) is 2.92. The Hall–Kier alpha value is -0.610. The van der Waals surface area contributed by atoms with Crippen molar-refractivity contribution in [3.63, 3.8) is 0 Å². The van der Waals surface area contributed by atoms with Gasteiger partial charge in [0.25, 0.3) is 0 Å². The lowest BCUT2D eigenvalue weighted by Gasteiger charge is -2.43. The van der Waals surface area contributed by atoms with Crippen LogP contribution in [0, 0.1) is 5.41 Å². The van der Waals surface area contributed by atoms with Crippen molar-refractivity contribution in [3.8, 4) is 0 Å². The third kappa shape index (κ3) is 3.69. The lowest BCUT2D eigenvalue weighted by molar-refractivity contribution is -0.175. The van der Waals surface area contributed by atoms with E-state index in [1.54, 1.807) is 13.8 Å². The fraction of sp³-hybridized carbons (Fsp3) is 0.933. The maximum atomic E-state index is 12.7. The maximum Gasteiger partial charge on any atom is 0.314 e. The maximum absolute atomic E-state index is 12.7. The predicted molar refractivity (Wildman–Crippen MR) is 75.9 cm³/mol. The van der Waals surface area contributed by atoms with Crippen molar-refractivity contribution in [1.29, 1.82) is 0 Å². The van der Waals surface area contributed by atoms with Crippen molar-refractivity contribution in [1.82, 2.24) is 5.32 Å². The Morgan fingerprint density at radius 3 is 2.11 bits per heavy atom. The van der Waals surface area contributed by atoms with Gasteiger partial charge in [-0.1, -0.05) is 0 Å². The van der Waals surface area contributed by atoms with Crippen LogP contribution in [0.3, 0.4) is 0 Å². The number of aliphatic hydroxyl groups is 1. The van der Waals surface area contributed by atoms with Crippen LogP contribution in [-0.2, 0) is 9.53 Å². The zero-order valence-corrected chi connectivity index (χ0v) is 13.4. The molecule has 1 saturated heterocycles. The van der Waals surface area contributed by atoms with E-state index in [-0.39, 0.29) is 11.5 Å². The molecule has 0 amide bonds. The molecule has 0 aromatic carbocycles. The minimum Gasteiger partial charge on any atom is -0.459 e. The SMILES string of the molecule is CC(C)(O)C[C@@]1(C(=O)OC(C)(C)C)CCNC1(C)C. The number of nitrogens with one attached hydrogen (secondary N) is 1. The molecule has 1 fully saturated rings. The van der Waals surface area contributed by atoms with E-state index in [0.717, 1.165) is 6.54 Å². The number of carbonyl (C=O) groups is 1. The highest BCUT2D eigenvalue weighted by Gasteiger charge is 2.57. The highest BCUT2D eigenvalue weighted by molar-refractivity contribution is 5.79. The van der Waals surface area contributed by atoms with Crippen molar-refractivity contribution in [2.75, 3.05) is 6.54 Å². The Morgan fingerprint density at radius 1 is 1.26 bits per heavy atom. The van der Waals surface area contributed by atoms with E-state index >= 15 is 0 Å². The summed E-state index contributed by atoms with van der Waals surface area (Å²) >= 11 is 0. The normalized spacial score (nSPS) is 27.4. The van der Waals surface area contributed by atoms with Gasteiger partial charge in [0.05, 0.1) is 11.0 Å². The second kappa shape index (κ2) is 4.74. The van der Waals surface area contributed by atoms with Crippen LogP contribution < -0.4 is 5.32 Å². The Balaban J connectivity index is 3.10. The molecule has 1 aliphatic rings. The van der Waals surface area contributed by atoms with Gasteiger partial charge < -0.3 is 15.2 Å². The smallest absolute Gasteiger partial charge is 0.314 e. The number of hydrogen-bond donors (Lipinski definition) is 2. The van der Waals surface area contributed by atoms with E-state index in [1.807, 2.05) is 34.6 Å². The quantitative estimate of drug-likeness (QED) is 0.773. The summed E-state index contributed by atoms with van der Waals surface area (Å²) in [6.07, 6.45) is 1.09. The molecule has 0 aromatic heterocycles. The van der Waals surface area contributed by atoms with Crippen molar-refractivity contribution in [3.05, 3.63) is 0 Å². The van der Waals surface area contributed by atoms with E-state index in [2.05, 4.69) is 5.32 Å². The van der Waals surface area contributed by atoms with E-state index in [0.29, 0.717) is 12.8 Å². The van der Waals surface area contributed by atoms with E-state index in [4.69, 9.17) is 4.74 Å². The van der Waals surface area contributed by atoms with Crippen LogP contribution in [0.2, 0.25) is 0 Å². The summed E-state index contributed by atoms with van der Waals surface area (Å²) in [5, 5.41) is 13.6. The van der Waals surface area contributed by atoms with Crippen molar-refractivity contribution < 1.29 is 14.6 Å². The Kier molecular flexibility index (Phi) is 4.10. The molecule has 0 spiro atoms. The van der Waals surface area contributed by atoms with Crippen LogP contribution in [0.5, 0.6) is 0 Å². The van der Waals surface area contributed by atoms with Crippen LogP contribution in [0.25, 0.3) is 0 Å². The first kappa shape index (κ1) is 16.4. The Bertz CT molecular complexity index is 349. The second-order valence-corrected chi connectivity index (χ2v) is 7.87. The van der Waals surface area contributed by atoms with Gasteiger partial charge in [0.15, 0.2) is 0 Å². The van der Waals surface area contributed by atoms with Gasteiger partial charge in [0.1, 0.15) is 5.60 Å². The lowest BCUT2D eigenvalue weighted by atomic mass is 9.66. The summed E-state index contributed by atoms with van der Waals surface area (Å²) in [6, 6.07) is 0. The third-order valence-electron chi connectivity index (χ3n) is 3.84. The Morgan fingerprint density at radius 2 is 1.79 bits per heavy atom. The summed E-state index contributed by atoms with van der Waals surface area (Å²) in [5.41, 5.74) is -2.48. The zero-order chi connectivity index (χ0) is 15.1. The summed E-state index contributed by atoms with van der Waals surface area (Å²) in [6.45, 7) is 13.9. The number of ether oxygens (including phenoxy) is 1. The summed E-state index contributed by atoms with van der Waals surface area (Å²) in [7, 11) is 0. The van der Waals surface area contributed by atoms with Crippen molar-refractivity contribution in [2.24, 2.45) is 5.41 Å². The third-order valence-corrected chi connectivity index (χ3v) is 3.84. The number of esters is 1. The van der Waals surface area contributed by atoms with Gasteiger partial charge in [0.2, 0.25) is 0 Å². The van der Waals surface area contributed by atoms with Gasteiger partial charge in [-0.3, -0.25) is 4.79 Å². The van der Waals surface area contributed by atoms with Crippen LogP contribution in [0.1, 0.15) is 61.3 Å². The second-order valence-electron chi connectivity index (χ2n) is 7.87. The first-order chi connectivity index (χ1) is 8.29. The first-order valence-corrected chi connectivity index (χ1v) is 7.00. The van der Waals surface area contributed by atoms with Gasteiger partial charge in [0, 0.05) is 5.54 Å². The molecule has 19 heavy (non-hydrogen) atoms. The van der Waals surface area contributed by atoms with Gasteiger partial charge in [-0.15, -0.1) is 0 Å². The monoisotopic (exact) mass is 271 g/mol. The van der Waals surface area contributed by atoms with Crippen LogP contribution in [0.15, 0.2) is 0 Å². The van der Waals surface area contributed by atoms with Crippen LogP contribution in [-0.4, -0.2) is 34.4 Å². The number of carbonyl (C=O) groups excluding carboxylic acids is 1. The molecule has 0 aromatic rings. The molecule has 1 rings (SSSR count). The molecule has 4 nitrogen and oxygen atoms in total. The van der Waals surface area contributed by atoms with Crippen LogP contribution >= 0.6 is 0 Å². The Labute approximate surface area is 116 Å². The topological polar surface area (TPSA) is 58.6 Å². The van der Waals surface area contributed by atoms with E-state index in [1.165, 1.54) is 0 Å². The summed E-state index contributed by atoms with van der Waals surface area (Å²) < 4.78 is 5.62. The molecule has 0 bridgehead atoms. The molecule has 1 aliphatic heterocycles. The average molecular weight is 271 g/mol. The average Bonchev–Trinajstić information content (AvgIpc) is 2.37. The van der Waals surface area contributed by atoms with E-state index < -0.39 is 16.6 Å². The molecule has 1 heterocycles. The van der Waals surface area contributed by atoms with Gasteiger partial charge in [-0.05, 0) is 67.9 Å². The van der Waals surface area contributed by atoms with Crippen molar-refractivity contribution >= 4 is 5.97 Å². The molecule has 1 atom stereocenters. The number of hydrogen-bond acceptors (Lipinski definition) is 4. The first-order valence-electron chi connectivity index (χ1n) is 7.00. The summed E-state index contributed by atoms with van der Waals surface area (Å²) in [5.74, 6) is -0.211. The molecule has 0 unspecified atom stereocenters. The fourth-order valence-electron chi connectivity index (χ4n) is 2.92. The highest BCUT2D eigenvalue weighted by atomic mass is 16.6. The largest absolute Gasteiger partial charge is 0.459 e. The lowest BCUT2D eigenvalue weighted by Crippen LogP contribution is -2.55. The van der Waals surface area contributed by atoms with Crippen molar-refractivity contribution in [2.45, 2.75) is 78.0 Å². The van der Waals surface area contributed by atoms with Crippen LogP contribution in [0.4, 0.5) is 0 Å². The molecule has 0 radical (unpaired) electrons. The molecule has 0 saturated carbocycles. The molecular formula is C15H29NO3. The minimum absolute atomic E-state index is 0.211. The predicted octanol–water partition coefficient (Wildman–Crippen LogP) is 2.25. The zero-order valence-electron chi connectivity index (χ0n) is 13.4. The van der Waals surface area contributed by atoms with E-state index in [9.17, 15) is 9.90 Å². The summed E-state index contributed by atoms with van der Waals surface area (Å²) in [4.78, 5) is 12.7.